The maximum Gasteiger partial charge on any atom is 0.322 e. The van der Waals surface area contributed by atoms with Gasteiger partial charge in [-0.3, -0.25) is 14.4 Å². The van der Waals surface area contributed by atoms with Crippen molar-refractivity contribution >= 4 is 17.8 Å². The molecule has 20 heavy (non-hydrogen) atoms. The maximum absolute atomic E-state index is 12.3. The van der Waals surface area contributed by atoms with E-state index in [4.69, 9.17) is 9.84 Å². The molecule has 1 aliphatic heterocycles. The first-order valence-corrected chi connectivity index (χ1v) is 6.76. The van der Waals surface area contributed by atoms with Crippen molar-refractivity contribution in [2.75, 3.05) is 26.2 Å². The van der Waals surface area contributed by atoms with Gasteiger partial charge in [0.25, 0.3) is 0 Å². The molecule has 0 aromatic heterocycles. The second kappa shape index (κ2) is 7.23. The fraction of sp³-hybridized carbons (Fsp3) is 0.769. The molecular weight excluding hydrogens is 264 g/mol. The van der Waals surface area contributed by atoms with Crippen LogP contribution in [0.2, 0.25) is 0 Å². The van der Waals surface area contributed by atoms with Gasteiger partial charge in [-0.2, -0.15) is 0 Å². The molecule has 1 saturated heterocycles. The van der Waals surface area contributed by atoms with Crippen molar-refractivity contribution < 1.29 is 24.2 Å². The molecule has 0 unspecified atom stereocenters. The zero-order valence-electron chi connectivity index (χ0n) is 11.9. The van der Waals surface area contributed by atoms with Crippen LogP contribution in [0.1, 0.15) is 26.7 Å². The van der Waals surface area contributed by atoms with Crippen LogP contribution in [0.25, 0.3) is 0 Å². The zero-order chi connectivity index (χ0) is 15.2. The number of amides is 1. The van der Waals surface area contributed by atoms with E-state index in [1.165, 1.54) is 0 Å². The molecule has 0 spiro atoms. The number of carbonyl (C=O) groups is 3. The van der Waals surface area contributed by atoms with Gasteiger partial charge in [0.1, 0.15) is 12.0 Å². The third kappa shape index (κ3) is 4.19. The number of piperidine rings is 1. The van der Waals surface area contributed by atoms with Gasteiger partial charge in [-0.1, -0.05) is 13.8 Å². The van der Waals surface area contributed by atoms with Gasteiger partial charge in [0.05, 0.1) is 6.61 Å². The van der Waals surface area contributed by atoms with Crippen LogP contribution in [-0.2, 0) is 19.1 Å². The number of ether oxygens (including phenoxy) is 1. The monoisotopic (exact) mass is 286 g/mol. The van der Waals surface area contributed by atoms with Gasteiger partial charge < -0.3 is 20.5 Å². The summed E-state index contributed by atoms with van der Waals surface area (Å²) in [7, 11) is 0. The Kier molecular flexibility index (Phi) is 5.94. The first-order chi connectivity index (χ1) is 9.38. The number of carbonyl (C=O) groups excluding carboxylic acids is 2. The van der Waals surface area contributed by atoms with Crippen molar-refractivity contribution in [2.45, 2.75) is 26.7 Å². The SMILES string of the molecule is CC(C)COC(=O)C1(C(=O)NCC(=O)O)CCNCC1. The van der Waals surface area contributed by atoms with Crippen molar-refractivity contribution in [3.8, 4) is 0 Å². The van der Waals surface area contributed by atoms with Gasteiger partial charge in [0.2, 0.25) is 5.91 Å². The molecule has 3 N–H and O–H groups in total. The largest absolute Gasteiger partial charge is 0.480 e. The van der Waals surface area contributed by atoms with Crippen molar-refractivity contribution in [2.24, 2.45) is 11.3 Å². The molecule has 0 atom stereocenters. The lowest BCUT2D eigenvalue weighted by atomic mass is 9.78. The highest BCUT2D eigenvalue weighted by Gasteiger charge is 2.48. The smallest absolute Gasteiger partial charge is 0.322 e. The van der Waals surface area contributed by atoms with Crippen molar-refractivity contribution in [3.63, 3.8) is 0 Å². The normalized spacial score (nSPS) is 17.6. The number of esters is 1. The van der Waals surface area contributed by atoms with E-state index in [-0.39, 0.29) is 12.5 Å². The van der Waals surface area contributed by atoms with Gasteiger partial charge in [0.15, 0.2) is 0 Å². The standard InChI is InChI=1S/C13H22N2O5/c1-9(2)8-20-12(19)13(3-5-14-6-4-13)11(18)15-7-10(16)17/h9,14H,3-8H2,1-2H3,(H,15,18)(H,16,17). The van der Waals surface area contributed by atoms with Crippen LogP contribution in [0, 0.1) is 11.3 Å². The molecule has 0 aromatic carbocycles. The minimum atomic E-state index is -1.27. The Hall–Kier alpha value is -1.63. The van der Waals surface area contributed by atoms with Gasteiger partial charge >= 0.3 is 11.9 Å². The summed E-state index contributed by atoms with van der Waals surface area (Å²) in [5.74, 6) is -2.08. The number of carboxylic acids is 1. The lowest BCUT2D eigenvalue weighted by Gasteiger charge is -2.33. The molecule has 1 amide bonds. The number of hydrogen-bond donors (Lipinski definition) is 3. The highest BCUT2D eigenvalue weighted by Crippen LogP contribution is 2.31. The van der Waals surface area contributed by atoms with Crippen LogP contribution in [-0.4, -0.2) is 49.2 Å². The molecule has 0 aliphatic carbocycles. The minimum absolute atomic E-state index is 0.180. The topological polar surface area (TPSA) is 105 Å². The number of rotatable bonds is 6. The Labute approximate surface area is 118 Å². The summed E-state index contributed by atoms with van der Waals surface area (Å²) in [5.41, 5.74) is -1.27. The van der Waals surface area contributed by atoms with E-state index in [1.807, 2.05) is 13.8 Å². The number of carboxylic acid groups (broad SMARTS) is 1. The summed E-state index contributed by atoms with van der Waals surface area (Å²) in [4.78, 5) is 35.0. The number of nitrogens with one attached hydrogen (secondary N) is 2. The molecule has 0 bridgehead atoms. The van der Waals surface area contributed by atoms with Crippen molar-refractivity contribution in [1.29, 1.82) is 0 Å². The molecule has 114 valence electrons. The zero-order valence-corrected chi connectivity index (χ0v) is 11.9. The van der Waals surface area contributed by atoms with E-state index in [2.05, 4.69) is 10.6 Å². The van der Waals surface area contributed by atoms with Gasteiger partial charge in [-0.15, -0.1) is 0 Å². The molecule has 1 rings (SSSR count). The van der Waals surface area contributed by atoms with Gasteiger partial charge in [-0.25, -0.2) is 0 Å². The number of aliphatic carboxylic acids is 1. The highest BCUT2D eigenvalue weighted by molar-refractivity contribution is 6.03. The van der Waals surface area contributed by atoms with E-state index < -0.39 is 29.8 Å². The first-order valence-electron chi connectivity index (χ1n) is 6.76. The summed E-state index contributed by atoms with van der Waals surface area (Å²) in [6.45, 7) is 4.62. The molecule has 0 saturated carbocycles. The molecule has 0 aromatic rings. The van der Waals surface area contributed by atoms with Crippen LogP contribution in [0.5, 0.6) is 0 Å². The van der Waals surface area contributed by atoms with Crippen molar-refractivity contribution in [1.82, 2.24) is 10.6 Å². The second-order valence-electron chi connectivity index (χ2n) is 5.40. The van der Waals surface area contributed by atoms with Crippen LogP contribution in [0.3, 0.4) is 0 Å². The van der Waals surface area contributed by atoms with Crippen LogP contribution < -0.4 is 10.6 Å². The van der Waals surface area contributed by atoms with Crippen LogP contribution >= 0.6 is 0 Å². The fourth-order valence-electron chi connectivity index (χ4n) is 2.08. The molecule has 1 aliphatic rings. The van der Waals surface area contributed by atoms with E-state index in [0.29, 0.717) is 25.9 Å². The summed E-state index contributed by atoms with van der Waals surface area (Å²) in [6, 6.07) is 0. The summed E-state index contributed by atoms with van der Waals surface area (Å²) < 4.78 is 5.20. The predicted molar refractivity (Wildman–Crippen MR) is 71.0 cm³/mol. The Morgan fingerprint density at radius 3 is 2.40 bits per heavy atom. The van der Waals surface area contributed by atoms with E-state index in [9.17, 15) is 14.4 Å². The Bertz CT molecular complexity index is 375. The molecule has 7 heteroatoms. The van der Waals surface area contributed by atoms with E-state index >= 15 is 0 Å². The lowest BCUT2D eigenvalue weighted by molar-refractivity contribution is -0.165. The quantitative estimate of drug-likeness (QED) is 0.459. The summed E-state index contributed by atoms with van der Waals surface area (Å²) in [5, 5.41) is 14.0. The molecule has 1 fully saturated rings. The van der Waals surface area contributed by atoms with E-state index in [0.717, 1.165) is 0 Å². The van der Waals surface area contributed by atoms with Crippen LogP contribution in [0.4, 0.5) is 0 Å². The predicted octanol–water partition coefficient (Wildman–Crippen LogP) is -0.244. The highest BCUT2D eigenvalue weighted by atomic mass is 16.5. The average Bonchev–Trinajstić information content (AvgIpc) is 2.42. The average molecular weight is 286 g/mol. The molecule has 0 radical (unpaired) electrons. The first kappa shape index (κ1) is 16.4. The van der Waals surface area contributed by atoms with Crippen LogP contribution in [0.15, 0.2) is 0 Å². The molecular formula is C13H22N2O5. The van der Waals surface area contributed by atoms with Crippen molar-refractivity contribution in [3.05, 3.63) is 0 Å². The minimum Gasteiger partial charge on any atom is -0.480 e. The lowest BCUT2D eigenvalue weighted by Crippen LogP contribution is -2.53. The third-order valence-electron chi connectivity index (χ3n) is 3.23. The maximum atomic E-state index is 12.3. The molecule has 7 nitrogen and oxygen atoms in total. The summed E-state index contributed by atoms with van der Waals surface area (Å²) in [6.07, 6.45) is 0.630. The fourth-order valence-corrected chi connectivity index (χ4v) is 2.08. The summed E-state index contributed by atoms with van der Waals surface area (Å²) >= 11 is 0. The van der Waals surface area contributed by atoms with E-state index in [1.54, 1.807) is 0 Å². The van der Waals surface area contributed by atoms with Gasteiger partial charge in [-0.05, 0) is 31.8 Å². The number of hydrogen-bond acceptors (Lipinski definition) is 5. The third-order valence-corrected chi connectivity index (χ3v) is 3.23. The van der Waals surface area contributed by atoms with Gasteiger partial charge in [0, 0.05) is 0 Å². The Morgan fingerprint density at radius 2 is 1.90 bits per heavy atom. The Balaban J connectivity index is 2.77. The Morgan fingerprint density at radius 1 is 1.30 bits per heavy atom. The molecule has 1 heterocycles. The second-order valence-corrected chi connectivity index (χ2v) is 5.40.